The molecule has 2 aromatic carbocycles. The van der Waals surface area contributed by atoms with E-state index in [0.29, 0.717) is 16.9 Å². The van der Waals surface area contributed by atoms with Crippen LogP contribution in [0.15, 0.2) is 42.5 Å². The van der Waals surface area contributed by atoms with Crippen molar-refractivity contribution in [3.05, 3.63) is 53.6 Å². The number of primary amides is 1. The molecule has 20 heavy (non-hydrogen) atoms. The molecule has 0 heterocycles. The second kappa shape index (κ2) is 6.10. The van der Waals surface area contributed by atoms with Gasteiger partial charge in [0.2, 0.25) is 0 Å². The molecule has 0 saturated heterocycles. The molecule has 4 nitrogen and oxygen atoms in total. The van der Waals surface area contributed by atoms with Gasteiger partial charge in [-0.1, -0.05) is 25.5 Å². The van der Waals surface area contributed by atoms with E-state index >= 15 is 0 Å². The zero-order valence-electron chi connectivity index (χ0n) is 11.5. The molecule has 2 rings (SSSR count). The molecule has 1 amide bonds. The first-order valence-electron chi connectivity index (χ1n) is 6.65. The second-order valence-corrected chi connectivity index (χ2v) is 4.74. The normalized spacial score (nSPS) is 10.2. The first kappa shape index (κ1) is 13.9. The van der Waals surface area contributed by atoms with Gasteiger partial charge in [-0.05, 0) is 42.3 Å². The number of carbonyl (C=O) groups is 1. The van der Waals surface area contributed by atoms with Crippen LogP contribution in [0.5, 0.6) is 0 Å². The van der Waals surface area contributed by atoms with Crippen LogP contribution in [0, 0.1) is 0 Å². The molecule has 0 aliphatic carbocycles. The Balaban J connectivity index is 2.25. The summed E-state index contributed by atoms with van der Waals surface area (Å²) in [7, 11) is 0. The van der Waals surface area contributed by atoms with Crippen LogP contribution in [0.2, 0.25) is 0 Å². The summed E-state index contributed by atoms with van der Waals surface area (Å²) in [6.07, 6.45) is 2.18. The minimum Gasteiger partial charge on any atom is -0.399 e. The number of benzene rings is 2. The van der Waals surface area contributed by atoms with Gasteiger partial charge in [0.1, 0.15) is 0 Å². The Labute approximate surface area is 118 Å². The fraction of sp³-hybridized carbons (Fsp3) is 0.188. The van der Waals surface area contributed by atoms with E-state index in [-0.39, 0.29) is 0 Å². The van der Waals surface area contributed by atoms with Crippen LogP contribution in [0.4, 0.5) is 17.1 Å². The minimum absolute atomic E-state index is 0.428. The van der Waals surface area contributed by atoms with Crippen molar-refractivity contribution >= 4 is 23.0 Å². The number of hydrogen-bond acceptors (Lipinski definition) is 3. The van der Waals surface area contributed by atoms with Crippen LogP contribution in [-0.2, 0) is 6.42 Å². The molecule has 0 fully saturated rings. The second-order valence-electron chi connectivity index (χ2n) is 4.74. The Kier molecular flexibility index (Phi) is 4.25. The lowest BCUT2D eigenvalue weighted by Crippen LogP contribution is -2.13. The molecule has 0 spiro atoms. The molecule has 5 N–H and O–H groups in total. The highest BCUT2D eigenvalue weighted by Gasteiger charge is 2.08. The van der Waals surface area contributed by atoms with Crippen molar-refractivity contribution < 1.29 is 4.79 Å². The maximum Gasteiger partial charge on any atom is 0.250 e. The number of nitrogens with two attached hydrogens (primary N) is 2. The van der Waals surface area contributed by atoms with Crippen LogP contribution in [0.3, 0.4) is 0 Å². The van der Waals surface area contributed by atoms with E-state index in [1.165, 1.54) is 5.56 Å². The predicted molar refractivity (Wildman–Crippen MR) is 83.1 cm³/mol. The summed E-state index contributed by atoms with van der Waals surface area (Å²) in [6, 6.07) is 13.1. The third-order valence-electron chi connectivity index (χ3n) is 3.08. The quantitative estimate of drug-likeness (QED) is 0.730. The van der Waals surface area contributed by atoms with Gasteiger partial charge >= 0.3 is 0 Å². The molecule has 0 saturated carbocycles. The molecular weight excluding hydrogens is 250 g/mol. The standard InChI is InChI=1S/C16H19N3O/c1-2-3-11-4-7-13(8-5-11)19-15-10-12(17)6-9-14(15)16(18)20/h4-10,19H,2-3,17H2,1H3,(H2,18,20). The summed E-state index contributed by atoms with van der Waals surface area (Å²) in [5, 5.41) is 3.18. The predicted octanol–water partition coefficient (Wildman–Crippen LogP) is 3.06. The summed E-state index contributed by atoms with van der Waals surface area (Å²) in [5.41, 5.74) is 14.9. The molecule has 0 bridgehead atoms. The Hall–Kier alpha value is -2.49. The molecule has 0 aliphatic rings. The smallest absolute Gasteiger partial charge is 0.250 e. The summed E-state index contributed by atoms with van der Waals surface area (Å²) in [6.45, 7) is 2.15. The Morgan fingerprint density at radius 3 is 2.45 bits per heavy atom. The van der Waals surface area contributed by atoms with Crippen molar-refractivity contribution in [3.63, 3.8) is 0 Å². The van der Waals surface area contributed by atoms with Gasteiger partial charge in [0.25, 0.3) is 5.91 Å². The fourth-order valence-corrected chi connectivity index (χ4v) is 2.08. The van der Waals surface area contributed by atoms with E-state index in [2.05, 4.69) is 24.4 Å². The van der Waals surface area contributed by atoms with Crippen molar-refractivity contribution in [1.29, 1.82) is 0 Å². The van der Waals surface area contributed by atoms with Crippen molar-refractivity contribution in [1.82, 2.24) is 0 Å². The number of anilines is 3. The summed E-state index contributed by atoms with van der Waals surface area (Å²) >= 11 is 0. The first-order chi connectivity index (χ1) is 9.60. The molecule has 104 valence electrons. The van der Waals surface area contributed by atoms with Gasteiger partial charge in [0.15, 0.2) is 0 Å². The molecule has 2 aromatic rings. The Morgan fingerprint density at radius 1 is 1.15 bits per heavy atom. The van der Waals surface area contributed by atoms with Crippen molar-refractivity contribution in [2.75, 3.05) is 11.1 Å². The van der Waals surface area contributed by atoms with Gasteiger partial charge in [-0.3, -0.25) is 4.79 Å². The largest absolute Gasteiger partial charge is 0.399 e. The van der Waals surface area contributed by atoms with Gasteiger partial charge in [-0.25, -0.2) is 0 Å². The van der Waals surface area contributed by atoms with Gasteiger partial charge in [0, 0.05) is 11.4 Å². The van der Waals surface area contributed by atoms with E-state index in [1.54, 1.807) is 18.2 Å². The third-order valence-corrected chi connectivity index (χ3v) is 3.08. The Morgan fingerprint density at radius 2 is 1.85 bits per heavy atom. The number of nitrogens with one attached hydrogen (secondary N) is 1. The highest BCUT2D eigenvalue weighted by atomic mass is 16.1. The fourth-order valence-electron chi connectivity index (χ4n) is 2.08. The van der Waals surface area contributed by atoms with Crippen molar-refractivity contribution in [3.8, 4) is 0 Å². The van der Waals surface area contributed by atoms with Crippen LogP contribution in [0.1, 0.15) is 29.3 Å². The van der Waals surface area contributed by atoms with E-state index in [1.807, 2.05) is 12.1 Å². The van der Waals surface area contributed by atoms with Gasteiger partial charge in [0.05, 0.1) is 11.3 Å². The molecule has 0 aromatic heterocycles. The SMILES string of the molecule is CCCc1ccc(Nc2cc(N)ccc2C(N)=O)cc1. The zero-order valence-corrected chi connectivity index (χ0v) is 11.5. The van der Waals surface area contributed by atoms with Crippen LogP contribution >= 0.6 is 0 Å². The zero-order chi connectivity index (χ0) is 14.5. The van der Waals surface area contributed by atoms with E-state index in [9.17, 15) is 4.79 Å². The molecule has 0 radical (unpaired) electrons. The number of amides is 1. The molecular formula is C16H19N3O. The number of rotatable bonds is 5. The van der Waals surface area contributed by atoms with E-state index < -0.39 is 5.91 Å². The maximum atomic E-state index is 11.4. The average Bonchev–Trinajstić information content (AvgIpc) is 2.41. The summed E-state index contributed by atoms with van der Waals surface area (Å²) in [5.74, 6) is -0.477. The van der Waals surface area contributed by atoms with Crippen molar-refractivity contribution in [2.45, 2.75) is 19.8 Å². The first-order valence-corrected chi connectivity index (χ1v) is 6.65. The highest BCUT2D eigenvalue weighted by Crippen LogP contribution is 2.23. The number of hydrogen-bond donors (Lipinski definition) is 3. The minimum atomic E-state index is -0.477. The Bertz CT molecular complexity index is 606. The molecule has 0 unspecified atom stereocenters. The van der Waals surface area contributed by atoms with Gasteiger partial charge < -0.3 is 16.8 Å². The monoisotopic (exact) mass is 269 g/mol. The maximum absolute atomic E-state index is 11.4. The van der Waals surface area contributed by atoms with Gasteiger partial charge in [-0.2, -0.15) is 0 Å². The average molecular weight is 269 g/mol. The van der Waals surface area contributed by atoms with Crippen molar-refractivity contribution in [2.24, 2.45) is 5.73 Å². The van der Waals surface area contributed by atoms with E-state index in [4.69, 9.17) is 11.5 Å². The van der Waals surface area contributed by atoms with Crippen LogP contribution in [0.25, 0.3) is 0 Å². The lowest BCUT2D eigenvalue weighted by atomic mass is 10.1. The summed E-state index contributed by atoms with van der Waals surface area (Å²) in [4.78, 5) is 11.4. The molecule has 0 atom stereocenters. The molecule has 4 heteroatoms. The van der Waals surface area contributed by atoms with E-state index in [0.717, 1.165) is 18.5 Å². The molecule has 0 aliphatic heterocycles. The van der Waals surface area contributed by atoms with Crippen LogP contribution in [-0.4, -0.2) is 5.91 Å². The highest BCUT2D eigenvalue weighted by molar-refractivity contribution is 5.99. The number of carbonyl (C=O) groups excluding carboxylic acids is 1. The van der Waals surface area contributed by atoms with Crippen LogP contribution < -0.4 is 16.8 Å². The summed E-state index contributed by atoms with van der Waals surface area (Å²) < 4.78 is 0. The van der Waals surface area contributed by atoms with Gasteiger partial charge in [-0.15, -0.1) is 0 Å². The number of nitrogen functional groups attached to an aromatic ring is 1. The third kappa shape index (κ3) is 3.29. The topological polar surface area (TPSA) is 81.1 Å². The lowest BCUT2D eigenvalue weighted by Gasteiger charge is -2.11. The lowest BCUT2D eigenvalue weighted by molar-refractivity contribution is 0.100. The number of aryl methyl sites for hydroxylation is 1.